The smallest absolute Gasteiger partial charge is 0.234 e. The molecule has 2 aromatic rings. The van der Waals surface area contributed by atoms with Crippen LogP contribution in [-0.2, 0) is 5.41 Å². The van der Waals surface area contributed by atoms with Crippen LogP contribution in [0, 0.1) is 18.3 Å². The summed E-state index contributed by atoms with van der Waals surface area (Å²) in [7, 11) is 0. The normalized spacial score (nSPS) is 20.9. The predicted molar refractivity (Wildman–Crippen MR) is 94.9 cm³/mol. The van der Waals surface area contributed by atoms with Gasteiger partial charge < -0.3 is 13.8 Å². The van der Waals surface area contributed by atoms with Gasteiger partial charge in [0.25, 0.3) is 0 Å². The number of aromatic nitrogens is 3. The fourth-order valence-electron chi connectivity index (χ4n) is 4.10. The van der Waals surface area contributed by atoms with Gasteiger partial charge in [0.15, 0.2) is 5.82 Å². The Kier molecular flexibility index (Phi) is 4.43. The molecule has 2 aliphatic rings. The van der Waals surface area contributed by atoms with Gasteiger partial charge in [-0.1, -0.05) is 31.3 Å². The minimum absolute atomic E-state index is 0.128. The van der Waals surface area contributed by atoms with Crippen LogP contribution < -0.4 is 4.90 Å². The van der Waals surface area contributed by atoms with Gasteiger partial charge in [-0.25, -0.2) is 4.98 Å². The third kappa shape index (κ3) is 3.09. The van der Waals surface area contributed by atoms with E-state index in [1.807, 2.05) is 6.92 Å². The summed E-state index contributed by atoms with van der Waals surface area (Å²) >= 11 is 0. The molecule has 1 aliphatic carbocycles. The molecule has 1 saturated carbocycles. The molecule has 138 valence electrons. The van der Waals surface area contributed by atoms with Crippen molar-refractivity contribution in [2.45, 2.75) is 70.1 Å². The van der Waals surface area contributed by atoms with Crippen LogP contribution in [0.3, 0.4) is 0 Å². The Morgan fingerprint density at radius 3 is 2.50 bits per heavy atom. The average Bonchev–Trinajstić information content (AvgIpc) is 3.30. The fraction of sp³-hybridized carbons (Fsp3) is 0.684. The molecule has 0 aromatic carbocycles. The van der Waals surface area contributed by atoms with Crippen molar-refractivity contribution in [3.63, 3.8) is 0 Å². The molecule has 26 heavy (non-hydrogen) atoms. The number of piperidine rings is 1. The minimum atomic E-state index is -0.128. The Balaban J connectivity index is 1.50. The van der Waals surface area contributed by atoms with Crippen LogP contribution in [-0.4, -0.2) is 28.2 Å². The van der Waals surface area contributed by atoms with E-state index in [0.717, 1.165) is 44.7 Å². The van der Waals surface area contributed by atoms with E-state index in [-0.39, 0.29) is 5.41 Å². The van der Waals surface area contributed by atoms with Gasteiger partial charge in [0.2, 0.25) is 23.4 Å². The number of oxazole rings is 1. The van der Waals surface area contributed by atoms with Crippen molar-refractivity contribution in [3.05, 3.63) is 23.3 Å². The van der Waals surface area contributed by atoms with E-state index in [2.05, 4.69) is 33.0 Å². The van der Waals surface area contributed by atoms with Gasteiger partial charge in [-0.3, -0.25) is 0 Å². The number of rotatable bonds is 3. The summed E-state index contributed by atoms with van der Waals surface area (Å²) in [6.45, 7) is 5.57. The van der Waals surface area contributed by atoms with Gasteiger partial charge in [0.05, 0.1) is 5.41 Å². The second-order valence-electron chi connectivity index (χ2n) is 7.85. The SMILES string of the molecule is Cc1noc(C2(C)CCN(c3oc(C4CCCCC4)nc3C#N)CC2)n1. The van der Waals surface area contributed by atoms with Crippen molar-refractivity contribution in [2.75, 3.05) is 18.0 Å². The molecule has 0 atom stereocenters. The van der Waals surface area contributed by atoms with E-state index in [9.17, 15) is 5.26 Å². The molecular formula is C19H25N5O2. The Morgan fingerprint density at radius 2 is 1.88 bits per heavy atom. The van der Waals surface area contributed by atoms with E-state index in [4.69, 9.17) is 8.94 Å². The maximum atomic E-state index is 9.51. The zero-order valence-corrected chi connectivity index (χ0v) is 15.5. The Hall–Kier alpha value is -2.36. The molecule has 2 aromatic heterocycles. The van der Waals surface area contributed by atoms with Crippen molar-refractivity contribution in [3.8, 4) is 6.07 Å². The molecule has 2 fully saturated rings. The topological polar surface area (TPSA) is 92.0 Å². The second-order valence-corrected chi connectivity index (χ2v) is 7.85. The van der Waals surface area contributed by atoms with Crippen LogP contribution in [0.2, 0.25) is 0 Å². The van der Waals surface area contributed by atoms with Crippen LogP contribution in [0.25, 0.3) is 0 Å². The lowest BCUT2D eigenvalue weighted by Crippen LogP contribution is -2.41. The van der Waals surface area contributed by atoms with Crippen molar-refractivity contribution in [2.24, 2.45) is 0 Å². The van der Waals surface area contributed by atoms with Gasteiger partial charge in [-0.15, -0.1) is 0 Å². The first kappa shape index (κ1) is 17.1. The van der Waals surface area contributed by atoms with Crippen LogP contribution in [0.4, 0.5) is 5.88 Å². The molecule has 0 spiro atoms. The van der Waals surface area contributed by atoms with E-state index >= 15 is 0 Å². The summed E-state index contributed by atoms with van der Waals surface area (Å²) in [5.41, 5.74) is 0.291. The first-order valence-electron chi connectivity index (χ1n) is 9.55. The lowest BCUT2D eigenvalue weighted by atomic mass is 9.80. The molecule has 0 amide bonds. The molecule has 4 rings (SSSR count). The van der Waals surface area contributed by atoms with Crippen molar-refractivity contribution < 1.29 is 8.94 Å². The first-order chi connectivity index (χ1) is 12.6. The van der Waals surface area contributed by atoms with E-state index in [1.54, 1.807) is 0 Å². The summed E-state index contributed by atoms with van der Waals surface area (Å²) in [6.07, 6.45) is 7.69. The standard InChI is InChI=1S/C19H25N5O2/c1-13-21-18(26-23-13)19(2)8-10-24(11-9-19)17-15(12-20)22-16(25-17)14-6-4-3-5-7-14/h14H,3-11H2,1-2H3. The van der Waals surface area contributed by atoms with Crippen LogP contribution in [0.1, 0.15) is 81.1 Å². The second kappa shape index (κ2) is 6.75. The van der Waals surface area contributed by atoms with Crippen LogP contribution >= 0.6 is 0 Å². The molecular weight excluding hydrogens is 330 g/mol. The lowest BCUT2D eigenvalue weighted by Gasteiger charge is -2.36. The molecule has 1 aliphatic heterocycles. The number of hydrogen-bond acceptors (Lipinski definition) is 7. The third-order valence-electron chi connectivity index (χ3n) is 5.88. The van der Waals surface area contributed by atoms with Crippen molar-refractivity contribution in [1.29, 1.82) is 5.26 Å². The number of aryl methyl sites for hydroxylation is 1. The Labute approximate surface area is 153 Å². The molecule has 0 N–H and O–H groups in total. The van der Waals surface area contributed by atoms with Crippen molar-refractivity contribution >= 4 is 5.88 Å². The highest BCUT2D eigenvalue weighted by atomic mass is 16.5. The molecule has 7 nitrogen and oxygen atoms in total. The maximum Gasteiger partial charge on any atom is 0.234 e. The highest BCUT2D eigenvalue weighted by Gasteiger charge is 2.38. The summed E-state index contributed by atoms with van der Waals surface area (Å²) in [4.78, 5) is 11.1. The lowest BCUT2D eigenvalue weighted by molar-refractivity contribution is 0.248. The molecule has 0 bridgehead atoms. The van der Waals surface area contributed by atoms with Crippen molar-refractivity contribution in [1.82, 2.24) is 15.1 Å². The highest BCUT2D eigenvalue weighted by Crippen LogP contribution is 2.39. The first-order valence-corrected chi connectivity index (χ1v) is 9.55. The highest BCUT2D eigenvalue weighted by molar-refractivity contribution is 5.49. The Bertz CT molecular complexity index is 804. The van der Waals surface area contributed by atoms with Crippen LogP contribution in [0.5, 0.6) is 0 Å². The summed E-state index contributed by atoms with van der Waals surface area (Å²) < 4.78 is 11.5. The number of nitriles is 1. The van der Waals surface area contributed by atoms with E-state index in [0.29, 0.717) is 29.2 Å². The summed E-state index contributed by atoms with van der Waals surface area (Å²) in [6, 6.07) is 2.22. The maximum absolute atomic E-state index is 9.51. The minimum Gasteiger partial charge on any atom is -0.423 e. The monoisotopic (exact) mass is 355 g/mol. The van der Waals surface area contributed by atoms with Gasteiger partial charge in [-0.05, 0) is 32.6 Å². The number of hydrogen-bond donors (Lipinski definition) is 0. The van der Waals surface area contributed by atoms with E-state index < -0.39 is 0 Å². The third-order valence-corrected chi connectivity index (χ3v) is 5.88. The van der Waals surface area contributed by atoms with Crippen LogP contribution in [0.15, 0.2) is 8.94 Å². The molecule has 0 unspecified atom stereocenters. The largest absolute Gasteiger partial charge is 0.423 e. The summed E-state index contributed by atoms with van der Waals surface area (Å²) in [5.74, 6) is 3.12. The molecule has 3 heterocycles. The molecule has 7 heteroatoms. The quantitative estimate of drug-likeness (QED) is 0.825. The van der Waals surface area contributed by atoms with Gasteiger partial charge >= 0.3 is 0 Å². The van der Waals surface area contributed by atoms with E-state index in [1.165, 1.54) is 19.3 Å². The zero-order valence-electron chi connectivity index (χ0n) is 15.5. The molecule has 1 saturated heterocycles. The zero-order chi connectivity index (χ0) is 18.1. The number of nitrogens with zero attached hydrogens (tertiary/aromatic N) is 5. The average molecular weight is 355 g/mol. The van der Waals surface area contributed by atoms with Gasteiger partial charge in [0.1, 0.15) is 6.07 Å². The fourth-order valence-corrected chi connectivity index (χ4v) is 4.10. The summed E-state index contributed by atoms with van der Waals surface area (Å²) in [5, 5.41) is 13.4. The Morgan fingerprint density at radius 1 is 1.15 bits per heavy atom. The molecule has 0 radical (unpaired) electrons. The predicted octanol–water partition coefficient (Wildman–Crippen LogP) is 3.84. The van der Waals surface area contributed by atoms with Gasteiger partial charge in [-0.2, -0.15) is 10.2 Å². The number of anilines is 1. The van der Waals surface area contributed by atoms with Gasteiger partial charge in [0, 0.05) is 19.0 Å².